The summed E-state index contributed by atoms with van der Waals surface area (Å²) in [6, 6.07) is 3.03. The number of carboxylic acid groups (broad SMARTS) is 1. The maximum Gasteiger partial charge on any atom is 0.352 e. The fourth-order valence-corrected chi connectivity index (χ4v) is 0.742. The number of nitrogens with zero attached hydrogens (tertiary/aromatic N) is 1. The molecular weight excluding hydrogens is 132 g/mol. The van der Waals surface area contributed by atoms with Gasteiger partial charge < -0.3 is 15.4 Å². The van der Waals surface area contributed by atoms with Gasteiger partial charge >= 0.3 is 5.97 Å². The van der Waals surface area contributed by atoms with Gasteiger partial charge in [0.15, 0.2) is 0 Å². The summed E-state index contributed by atoms with van der Waals surface area (Å²) in [5, 5.41) is 8.50. The quantitative estimate of drug-likeness (QED) is 0.589. The zero-order valence-corrected chi connectivity index (χ0v) is 5.53. The van der Waals surface area contributed by atoms with E-state index in [4.69, 9.17) is 10.8 Å². The molecule has 0 spiro atoms. The monoisotopic (exact) mass is 140 g/mol. The fourth-order valence-electron chi connectivity index (χ4n) is 0.742. The molecule has 0 aromatic carbocycles. The molecule has 0 saturated carbocycles. The third-order valence-corrected chi connectivity index (χ3v) is 1.38. The van der Waals surface area contributed by atoms with E-state index >= 15 is 0 Å². The van der Waals surface area contributed by atoms with Gasteiger partial charge in [0.2, 0.25) is 0 Å². The van der Waals surface area contributed by atoms with Crippen molar-refractivity contribution in [2.75, 3.05) is 5.73 Å². The van der Waals surface area contributed by atoms with Gasteiger partial charge in [-0.15, -0.1) is 0 Å². The summed E-state index contributed by atoms with van der Waals surface area (Å²) in [7, 11) is 1.61. The number of carboxylic acids is 1. The Hall–Kier alpha value is -1.45. The molecule has 3 N–H and O–H groups in total. The molecule has 0 radical (unpaired) electrons. The van der Waals surface area contributed by atoms with Gasteiger partial charge in [0, 0.05) is 7.05 Å². The first-order chi connectivity index (χ1) is 4.63. The molecule has 0 aliphatic carbocycles. The Morgan fingerprint density at radius 1 is 1.70 bits per heavy atom. The highest BCUT2D eigenvalue weighted by molar-refractivity contribution is 5.86. The lowest BCUT2D eigenvalue weighted by Crippen LogP contribution is -2.06. The molecule has 10 heavy (non-hydrogen) atoms. The smallest absolute Gasteiger partial charge is 0.352 e. The van der Waals surface area contributed by atoms with Crippen LogP contribution >= 0.6 is 0 Å². The summed E-state index contributed by atoms with van der Waals surface area (Å²) >= 11 is 0. The van der Waals surface area contributed by atoms with Crippen molar-refractivity contribution in [2.45, 2.75) is 0 Å². The fraction of sp³-hybridized carbons (Fsp3) is 0.167. The number of aromatic nitrogens is 1. The Bertz CT molecular complexity index is 265. The molecule has 0 aliphatic rings. The first kappa shape index (κ1) is 6.67. The first-order valence-corrected chi connectivity index (χ1v) is 2.77. The standard InChI is InChI=1S/C6H8N2O2/c1-8-4(6(9)10)2-3-5(8)7/h2-3H,7H2,1H3,(H,9,10). The number of hydrogen-bond acceptors (Lipinski definition) is 2. The molecule has 54 valence electrons. The minimum absolute atomic E-state index is 0.206. The van der Waals surface area contributed by atoms with Gasteiger partial charge in [-0.1, -0.05) is 0 Å². The molecule has 0 saturated heterocycles. The molecule has 0 atom stereocenters. The van der Waals surface area contributed by atoms with E-state index in [1.54, 1.807) is 13.1 Å². The molecular formula is C6H8N2O2. The number of nitrogen functional groups attached to an aromatic ring is 1. The lowest BCUT2D eigenvalue weighted by atomic mass is 10.4. The summed E-state index contributed by atoms with van der Waals surface area (Å²) in [4.78, 5) is 10.4. The molecule has 0 aliphatic heterocycles. The highest BCUT2D eigenvalue weighted by Crippen LogP contribution is 2.07. The Morgan fingerprint density at radius 3 is 2.50 bits per heavy atom. The molecule has 0 bridgehead atoms. The predicted molar refractivity (Wildman–Crippen MR) is 36.8 cm³/mol. The van der Waals surface area contributed by atoms with Crippen LogP contribution in [0.15, 0.2) is 12.1 Å². The Labute approximate surface area is 57.9 Å². The van der Waals surface area contributed by atoms with E-state index in [9.17, 15) is 4.79 Å². The minimum atomic E-state index is -0.959. The molecule has 4 nitrogen and oxygen atoms in total. The van der Waals surface area contributed by atoms with Crippen LogP contribution in [-0.4, -0.2) is 15.6 Å². The SMILES string of the molecule is Cn1c(N)ccc1C(=O)O. The second-order valence-electron chi connectivity index (χ2n) is 2.01. The largest absolute Gasteiger partial charge is 0.477 e. The molecule has 0 amide bonds. The summed E-state index contributed by atoms with van der Waals surface area (Å²) in [6.45, 7) is 0. The number of anilines is 1. The van der Waals surface area contributed by atoms with Crippen LogP contribution in [0.1, 0.15) is 10.5 Å². The number of nitrogens with two attached hydrogens (primary N) is 1. The number of carbonyl (C=O) groups is 1. The van der Waals surface area contributed by atoms with Crippen LogP contribution in [0.3, 0.4) is 0 Å². The third-order valence-electron chi connectivity index (χ3n) is 1.38. The second-order valence-corrected chi connectivity index (χ2v) is 2.01. The van der Waals surface area contributed by atoms with Crippen LogP contribution in [-0.2, 0) is 7.05 Å². The highest BCUT2D eigenvalue weighted by atomic mass is 16.4. The van der Waals surface area contributed by atoms with Crippen LogP contribution in [0.2, 0.25) is 0 Å². The number of aromatic carboxylic acids is 1. The molecule has 4 heteroatoms. The number of hydrogen-bond donors (Lipinski definition) is 2. The van der Waals surface area contributed by atoms with Crippen molar-refractivity contribution >= 4 is 11.8 Å². The van der Waals surface area contributed by atoms with E-state index in [-0.39, 0.29) is 5.69 Å². The van der Waals surface area contributed by atoms with E-state index in [0.29, 0.717) is 5.82 Å². The van der Waals surface area contributed by atoms with Gasteiger partial charge in [-0.3, -0.25) is 0 Å². The average molecular weight is 140 g/mol. The maximum absolute atomic E-state index is 10.4. The van der Waals surface area contributed by atoms with Crippen molar-refractivity contribution in [3.8, 4) is 0 Å². The summed E-state index contributed by atoms with van der Waals surface area (Å²) in [5.41, 5.74) is 5.58. The van der Waals surface area contributed by atoms with Crippen LogP contribution in [0, 0.1) is 0 Å². The maximum atomic E-state index is 10.4. The third kappa shape index (κ3) is 0.834. The Kier molecular flexibility index (Phi) is 1.37. The molecule has 1 aromatic rings. The zero-order valence-electron chi connectivity index (χ0n) is 5.53. The van der Waals surface area contributed by atoms with Crippen molar-refractivity contribution in [1.82, 2.24) is 4.57 Å². The van der Waals surface area contributed by atoms with E-state index in [1.165, 1.54) is 10.6 Å². The van der Waals surface area contributed by atoms with Crippen LogP contribution in [0.5, 0.6) is 0 Å². The summed E-state index contributed by atoms with van der Waals surface area (Å²) in [5.74, 6) is -0.503. The van der Waals surface area contributed by atoms with Crippen LogP contribution in [0.4, 0.5) is 5.82 Å². The average Bonchev–Trinajstić information content (AvgIpc) is 2.14. The lowest BCUT2D eigenvalue weighted by Gasteiger charge is -1.97. The van der Waals surface area contributed by atoms with Gasteiger partial charge in [-0.2, -0.15) is 0 Å². The summed E-state index contributed by atoms with van der Waals surface area (Å²) in [6.07, 6.45) is 0. The normalized spacial score (nSPS) is 9.70. The van der Waals surface area contributed by atoms with Crippen molar-refractivity contribution in [1.29, 1.82) is 0 Å². The van der Waals surface area contributed by atoms with Gasteiger partial charge in [0.1, 0.15) is 11.5 Å². The number of rotatable bonds is 1. The van der Waals surface area contributed by atoms with Gasteiger partial charge in [0.25, 0.3) is 0 Å². The molecule has 1 rings (SSSR count). The van der Waals surface area contributed by atoms with Gasteiger partial charge in [-0.05, 0) is 12.1 Å². The van der Waals surface area contributed by atoms with Crippen molar-refractivity contribution in [2.24, 2.45) is 7.05 Å². The molecule has 1 aromatic heterocycles. The minimum Gasteiger partial charge on any atom is -0.477 e. The zero-order chi connectivity index (χ0) is 7.72. The Balaban J connectivity index is 3.17. The summed E-state index contributed by atoms with van der Waals surface area (Å²) < 4.78 is 1.42. The molecule has 0 fully saturated rings. The topological polar surface area (TPSA) is 68.2 Å². The van der Waals surface area contributed by atoms with E-state index < -0.39 is 5.97 Å². The predicted octanol–water partition coefficient (Wildman–Crippen LogP) is 0.306. The highest BCUT2D eigenvalue weighted by Gasteiger charge is 2.07. The van der Waals surface area contributed by atoms with E-state index in [2.05, 4.69) is 0 Å². The first-order valence-electron chi connectivity index (χ1n) is 2.77. The van der Waals surface area contributed by atoms with Crippen molar-refractivity contribution in [3.05, 3.63) is 17.8 Å². The van der Waals surface area contributed by atoms with Gasteiger partial charge in [-0.25, -0.2) is 4.79 Å². The van der Waals surface area contributed by atoms with Crippen molar-refractivity contribution < 1.29 is 9.90 Å². The van der Waals surface area contributed by atoms with E-state index in [1.807, 2.05) is 0 Å². The van der Waals surface area contributed by atoms with E-state index in [0.717, 1.165) is 0 Å². The molecule has 0 unspecified atom stereocenters. The Morgan fingerprint density at radius 2 is 2.30 bits per heavy atom. The molecule has 1 heterocycles. The van der Waals surface area contributed by atoms with Crippen molar-refractivity contribution in [3.63, 3.8) is 0 Å². The van der Waals surface area contributed by atoms with Gasteiger partial charge in [0.05, 0.1) is 0 Å². The van der Waals surface area contributed by atoms with Crippen LogP contribution < -0.4 is 5.73 Å². The van der Waals surface area contributed by atoms with Crippen LogP contribution in [0.25, 0.3) is 0 Å². The lowest BCUT2D eigenvalue weighted by molar-refractivity contribution is 0.0687. The second kappa shape index (κ2) is 2.06.